The van der Waals surface area contributed by atoms with Gasteiger partial charge >= 0.3 is 0 Å². The van der Waals surface area contributed by atoms with Gasteiger partial charge in [-0.2, -0.15) is 4.31 Å². The van der Waals surface area contributed by atoms with Crippen LogP contribution in [0.3, 0.4) is 0 Å². The summed E-state index contributed by atoms with van der Waals surface area (Å²) >= 11 is 0. The highest BCUT2D eigenvalue weighted by molar-refractivity contribution is 7.89. The molecule has 2 saturated heterocycles. The van der Waals surface area contributed by atoms with Crippen LogP contribution in [0.1, 0.15) is 32.1 Å². The van der Waals surface area contributed by atoms with Crippen molar-refractivity contribution < 1.29 is 13.2 Å². The number of anilines is 1. The summed E-state index contributed by atoms with van der Waals surface area (Å²) in [6.45, 7) is 1.92. The van der Waals surface area contributed by atoms with E-state index in [4.69, 9.17) is 0 Å². The van der Waals surface area contributed by atoms with E-state index in [9.17, 15) is 13.2 Å². The van der Waals surface area contributed by atoms with Crippen LogP contribution in [0.5, 0.6) is 0 Å². The summed E-state index contributed by atoms with van der Waals surface area (Å²) in [6.07, 6.45) is 6.06. The topological polar surface area (TPSA) is 73.8 Å². The third kappa shape index (κ3) is 3.64. The van der Waals surface area contributed by atoms with Crippen molar-refractivity contribution in [2.75, 3.05) is 38.6 Å². The third-order valence-corrected chi connectivity index (χ3v) is 6.83. The maximum absolute atomic E-state index is 12.7. The average Bonchev–Trinajstić information content (AvgIpc) is 3.11. The summed E-state index contributed by atoms with van der Waals surface area (Å²) in [4.78, 5) is 20.5. The van der Waals surface area contributed by atoms with Crippen molar-refractivity contribution in [3.05, 3.63) is 18.3 Å². The lowest BCUT2D eigenvalue weighted by Gasteiger charge is -2.28. The Morgan fingerprint density at radius 3 is 2.44 bits per heavy atom. The predicted octanol–water partition coefficient (Wildman–Crippen LogP) is 1.31. The monoisotopic (exact) mass is 366 g/mol. The van der Waals surface area contributed by atoms with Crippen LogP contribution in [-0.2, 0) is 14.8 Å². The summed E-state index contributed by atoms with van der Waals surface area (Å²) in [5.41, 5.74) is 0. The number of piperidine rings is 1. The van der Waals surface area contributed by atoms with Crippen LogP contribution in [0.25, 0.3) is 0 Å². The second kappa shape index (κ2) is 7.29. The van der Waals surface area contributed by atoms with Gasteiger partial charge in [-0.25, -0.2) is 13.4 Å². The molecule has 138 valence electrons. The van der Waals surface area contributed by atoms with Gasteiger partial charge in [-0.05, 0) is 37.8 Å². The van der Waals surface area contributed by atoms with Crippen LogP contribution in [-0.4, -0.2) is 68.3 Å². The van der Waals surface area contributed by atoms with Crippen molar-refractivity contribution in [3.8, 4) is 0 Å². The molecule has 3 heterocycles. The van der Waals surface area contributed by atoms with Crippen molar-refractivity contribution in [3.63, 3.8) is 0 Å². The Hall–Kier alpha value is -1.67. The van der Waals surface area contributed by atoms with Crippen molar-refractivity contribution in [2.24, 2.45) is 0 Å². The van der Waals surface area contributed by atoms with Gasteiger partial charge < -0.3 is 9.80 Å². The van der Waals surface area contributed by atoms with Crippen LogP contribution < -0.4 is 4.90 Å². The highest BCUT2D eigenvalue weighted by Crippen LogP contribution is 2.27. The van der Waals surface area contributed by atoms with Crippen LogP contribution in [0.15, 0.2) is 23.2 Å². The molecule has 1 amide bonds. The molecule has 3 rings (SSSR count). The molecular formula is C17H26N4O3S. The van der Waals surface area contributed by atoms with E-state index in [2.05, 4.69) is 4.98 Å². The number of carbonyl (C=O) groups is 1. The van der Waals surface area contributed by atoms with Gasteiger partial charge in [0.05, 0.1) is 0 Å². The molecule has 0 aliphatic carbocycles. The lowest BCUT2D eigenvalue weighted by molar-refractivity contribution is -0.129. The third-order valence-electron chi connectivity index (χ3n) is 4.95. The number of amides is 1. The van der Waals surface area contributed by atoms with Crippen molar-refractivity contribution in [2.45, 2.75) is 43.0 Å². The van der Waals surface area contributed by atoms with Gasteiger partial charge in [-0.15, -0.1) is 0 Å². The molecule has 1 aromatic heterocycles. The number of likely N-dealkylation sites (N-methyl/N-ethyl adjacent to an activating group) is 1. The van der Waals surface area contributed by atoms with Crippen LogP contribution >= 0.6 is 0 Å². The molecule has 0 radical (unpaired) electrons. The number of hydrogen-bond acceptors (Lipinski definition) is 5. The Labute approximate surface area is 149 Å². The number of carbonyl (C=O) groups excluding carboxylic acids is 1. The Morgan fingerprint density at radius 2 is 1.84 bits per heavy atom. The van der Waals surface area contributed by atoms with Gasteiger partial charge in [0.1, 0.15) is 16.8 Å². The van der Waals surface area contributed by atoms with Crippen LogP contribution in [0.2, 0.25) is 0 Å². The quantitative estimate of drug-likeness (QED) is 0.803. The van der Waals surface area contributed by atoms with E-state index in [1.807, 2.05) is 4.90 Å². The summed E-state index contributed by atoms with van der Waals surface area (Å²) in [6, 6.07) is 3.12. The second-order valence-electron chi connectivity index (χ2n) is 6.90. The fourth-order valence-electron chi connectivity index (χ4n) is 3.54. The molecule has 25 heavy (non-hydrogen) atoms. The highest BCUT2D eigenvalue weighted by atomic mass is 32.2. The van der Waals surface area contributed by atoms with Gasteiger partial charge in [-0.3, -0.25) is 4.79 Å². The van der Waals surface area contributed by atoms with E-state index < -0.39 is 10.0 Å². The summed E-state index contributed by atoms with van der Waals surface area (Å²) in [7, 11) is 0.0326. The zero-order valence-electron chi connectivity index (χ0n) is 14.9. The van der Waals surface area contributed by atoms with Crippen LogP contribution in [0, 0.1) is 0 Å². The molecule has 0 bridgehead atoms. The van der Waals surface area contributed by atoms with E-state index in [1.165, 1.54) is 6.20 Å². The zero-order valence-corrected chi connectivity index (χ0v) is 15.7. The molecule has 8 heteroatoms. The van der Waals surface area contributed by atoms with E-state index in [-0.39, 0.29) is 16.8 Å². The first-order valence-corrected chi connectivity index (χ1v) is 10.3. The van der Waals surface area contributed by atoms with Gasteiger partial charge in [0.15, 0.2) is 0 Å². The fourth-order valence-corrected chi connectivity index (χ4v) is 5.01. The SMILES string of the molecule is CN(C)C(=O)C1CCCN1c1ccc(S(=O)(=O)N2CCCCC2)cn1. The summed E-state index contributed by atoms with van der Waals surface area (Å²) < 4.78 is 26.9. The van der Waals surface area contributed by atoms with E-state index in [1.54, 1.807) is 35.4 Å². The average molecular weight is 366 g/mol. The smallest absolute Gasteiger partial charge is 0.244 e. The van der Waals surface area contributed by atoms with Gasteiger partial charge in [0, 0.05) is 39.9 Å². The van der Waals surface area contributed by atoms with E-state index >= 15 is 0 Å². The molecule has 2 aliphatic heterocycles. The summed E-state index contributed by atoms with van der Waals surface area (Å²) in [5.74, 6) is 0.722. The van der Waals surface area contributed by atoms with Gasteiger partial charge in [-0.1, -0.05) is 6.42 Å². The Kier molecular flexibility index (Phi) is 5.29. The fraction of sp³-hybridized carbons (Fsp3) is 0.647. The van der Waals surface area contributed by atoms with E-state index in [0.717, 1.165) is 38.6 Å². The highest BCUT2D eigenvalue weighted by Gasteiger charge is 2.33. The molecule has 1 unspecified atom stereocenters. The Bertz CT molecular complexity index is 712. The van der Waals surface area contributed by atoms with E-state index in [0.29, 0.717) is 18.9 Å². The first kappa shape index (κ1) is 18.1. The number of rotatable bonds is 4. The Balaban J connectivity index is 1.79. The predicted molar refractivity (Wildman–Crippen MR) is 95.9 cm³/mol. The number of pyridine rings is 1. The number of nitrogens with zero attached hydrogens (tertiary/aromatic N) is 4. The first-order chi connectivity index (χ1) is 11.9. The lowest BCUT2D eigenvalue weighted by atomic mass is 10.2. The molecule has 0 spiro atoms. The van der Waals surface area contributed by atoms with Gasteiger partial charge in [0.25, 0.3) is 0 Å². The molecular weight excluding hydrogens is 340 g/mol. The molecule has 1 aromatic rings. The summed E-state index contributed by atoms with van der Waals surface area (Å²) in [5, 5.41) is 0. The maximum atomic E-state index is 12.7. The molecule has 0 saturated carbocycles. The molecule has 1 atom stereocenters. The molecule has 0 aromatic carbocycles. The van der Waals surface area contributed by atoms with Crippen molar-refractivity contribution in [1.29, 1.82) is 0 Å². The normalized spacial score (nSPS) is 22.2. The second-order valence-corrected chi connectivity index (χ2v) is 8.84. The molecule has 7 nitrogen and oxygen atoms in total. The minimum absolute atomic E-state index is 0.0596. The zero-order chi connectivity index (χ0) is 18.0. The molecule has 2 fully saturated rings. The largest absolute Gasteiger partial charge is 0.347 e. The number of aromatic nitrogens is 1. The lowest BCUT2D eigenvalue weighted by Crippen LogP contribution is -2.43. The standard InChI is InChI=1S/C17H26N4O3S/c1-19(2)17(22)15-7-6-12-21(15)16-9-8-14(13-18-16)25(23,24)20-10-4-3-5-11-20/h8-9,13,15H,3-7,10-12H2,1-2H3. The minimum Gasteiger partial charge on any atom is -0.347 e. The van der Waals surface area contributed by atoms with Gasteiger partial charge in [0.2, 0.25) is 15.9 Å². The van der Waals surface area contributed by atoms with Crippen molar-refractivity contribution in [1.82, 2.24) is 14.2 Å². The van der Waals surface area contributed by atoms with Crippen molar-refractivity contribution >= 4 is 21.7 Å². The maximum Gasteiger partial charge on any atom is 0.244 e. The Morgan fingerprint density at radius 1 is 1.12 bits per heavy atom. The molecule has 2 aliphatic rings. The molecule has 0 N–H and O–H groups in total. The van der Waals surface area contributed by atoms with Crippen LogP contribution in [0.4, 0.5) is 5.82 Å². The number of sulfonamides is 1. The minimum atomic E-state index is -3.47. The number of hydrogen-bond donors (Lipinski definition) is 0. The first-order valence-electron chi connectivity index (χ1n) is 8.85.